The molecule has 0 atom stereocenters. The van der Waals surface area contributed by atoms with Gasteiger partial charge in [0, 0.05) is 23.7 Å². The van der Waals surface area contributed by atoms with E-state index in [1.54, 1.807) is 31.4 Å². The molecular weight excluding hydrogens is 424 g/mol. The molecule has 0 unspecified atom stereocenters. The Hall–Kier alpha value is -3.32. The summed E-state index contributed by atoms with van der Waals surface area (Å²) in [6.07, 6.45) is 3.21. The van der Waals surface area contributed by atoms with Crippen LogP contribution in [0.25, 0.3) is 10.4 Å². The summed E-state index contributed by atoms with van der Waals surface area (Å²) in [5.41, 5.74) is 1.65. The van der Waals surface area contributed by atoms with Gasteiger partial charge in [-0.25, -0.2) is 0 Å². The molecule has 0 saturated carbocycles. The van der Waals surface area contributed by atoms with Crippen molar-refractivity contribution in [3.05, 3.63) is 65.5 Å². The van der Waals surface area contributed by atoms with Gasteiger partial charge in [-0.15, -0.1) is 11.3 Å². The number of amides is 2. The third-order valence-corrected chi connectivity index (χ3v) is 6.53. The van der Waals surface area contributed by atoms with Gasteiger partial charge in [0.15, 0.2) is 6.61 Å². The first-order valence-corrected chi connectivity index (χ1v) is 11.5. The predicted molar refractivity (Wildman–Crippen MR) is 127 cm³/mol. The van der Waals surface area contributed by atoms with Crippen molar-refractivity contribution < 1.29 is 19.1 Å². The molecular formula is C25H26N2O4S. The van der Waals surface area contributed by atoms with Gasteiger partial charge in [-0.2, -0.15) is 0 Å². The maximum absolute atomic E-state index is 13.1. The number of hydrogen-bond donors (Lipinski definition) is 1. The molecule has 0 bridgehead atoms. The second-order valence-corrected chi connectivity index (χ2v) is 8.63. The largest absolute Gasteiger partial charge is 0.497 e. The van der Waals surface area contributed by atoms with E-state index in [1.807, 2.05) is 41.3 Å². The number of benzene rings is 2. The molecule has 1 aliphatic heterocycles. The molecule has 7 heteroatoms. The minimum absolute atomic E-state index is 0.0429. The number of carbonyl (C=O) groups excluding carboxylic acids is 2. The lowest BCUT2D eigenvalue weighted by Crippen LogP contribution is -2.38. The molecule has 1 saturated heterocycles. The van der Waals surface area contributed by atoms with Crippen molar-refractivity contribution in [2.45, 2.75) is 19.3 Å². The Bertz CT molecular complexity index is 1060. The van der Waals surface area contributed by atoms with E-state index in [9.17, 15) is 9.59 Å². The lowest BCUT2D eigenvalue weighted by molar-refractivity contribution is -0.134. The third-order valence-electron chi connectivity index (χ3n) is 5.37. The van der Waals surface area contributed by atoms with Crippen LogP contribution >= 0.6 is 11.3 Å². The highest BCUT2D eigenvalue weighted by molar-refractivity contribution is 7.17. The van der Waals surface area contributed by atoms with E-state index in [0.717, 1.165) is 42.8 Å². The smallest absolute Gasteiger partial charge is 0.269 e. The Morgan fingerprint density at radius 1 is 1.00 bits per heavy atom. The minimum Gasteiger partial charge on any atom is -0.497 e. The van der Waals surface area contributed by atoms with Crippen LogP contribution in [0.4, 0.5) is 5.69 Å². The number of anilines is 1. The first-order valence-electron chi connectivity index (χ1n) is 10.7. The minimum atomic E-state index is -0.275. The molecule has 3 aromatic rings. The zero-order chi connectivity index (χ0) is 22.3. The molecule has 1 N–H and O–H groups in total. The van der Waals surface area contributed by atoms with Crippen LogP contribution in [0.3, 0.4) is 0 Å². The van der Waals surface area contributed by atoms with Crippen molar-refractivity contribution in [2.75, 3.05) is 32.1 Å². The fourth-order valence-electron chi connectivity index (χ4n) is 3.62. The summed E-state index contributed by atoms with van der Waals surface area (Å²) in [5, 5.41) is 2.91. The van der Waals surface area contributed by atoms with Crippen molar-refractivity contribution in [3.8, 4) is 21.9 Å². The van der Waals surface area contributed by atoms with Crippen LogP contribution in [-0.2, 0) is 4.79 Å². The van der Waals surface area contributed by atoms with E-state index in [1.165, 1.54) is 11.3 Å². The number of nitrogens with zero attached hydrogens (tertiary/aromatic N) is 1. The van der Waals surface area contributed by atoms with Gasteiger partial charge in [0.2, 0.25) is 0 Å². The first kappa shape index (κ1) is 21.9. The van der Waals surface area contributed by atoms with Crippen LogP contribution in [0.15, 0.2) is 60.7 Å². The topological polar surface area (TPSA) is 67.9 Å². The van der Waals surface area contributed by atoms with Gasteiger partial charge >= 0.3 is 0 Å². The Morgan fingerprint density at radius 2 is 1.72 bits per heavy atom. The average Bonchev–Trinajstić information content (AvgIpc) is 3.28. The molecule has 2 amide bonds. The summed E-state index contributed by atoms with van der Waals surface area (Å²) in [5.74, 6) is 0.817. The maximum Gasteiger partial charge on any atom is 0.269 e. The summed E-state index contributed by atoms with van der Waals surface area (Å²) < 4.78 is 11.1. The zero-order valence-corrected chi connectivity index (χ0v) is 18.8. The van der Waals surface area contributed by atoms with Gasteiger partial charge in [0.25, 0.3) is 11.8 Å². The molecule has 1 aliphatic rings. The highest BCUT2D eigenvalue weighted by Crippen LogP contribution is 2.37. The van der Waals surface area contributed by atoms with Gasteiger partial charge in [-0.05, 0) is 55.2 Å². The second-order valence-electron chi connectivity index (χ2n) is 7.58. The number of ether oxygens (including phenoxy) is 2. The molecule has 1 aromatic heterocycles. The quantitative estimate of drug-likeness (QED) is 0.546. The van der Waals surface area contributed by atoms with Crippen molar-refractivity contribution in [1.29, 1.82) is 0 Å². The fraction of sp³-hybridized carbons (Fsp3) is 0.280. The average molecular weight is 451 g/mol. The van der Waals surface area contributed by atoms with E-state index in [2.05, 4.69) is 5.32 Å². The van der Waals surface area contributed by atoms with E-state index < -0.39 is 0 Å². The van der Waals surface area contributed by atoms with Crippen LogP contribution in [0, 0.1) is 0 Å². The number of likely N-dealkylation sites (tertiary alicyclic amines) is 1. The van der Waals surface area contributed by atoms with Crippen LogP contribution in [0.2, 0.25) is 0 Å². The van der Waals surface area contributed by atoms with E-state index >= 15 is 0 Å². The van der Waals surface area contributed by atoms with E-state index in [-0.39, 0.29) is 18.4 Å². The Balaban J connectivity index is 1.53. The van der Waals surface area contributed by atoms with Crippen LogP contribution in [0.5, 0.6) is 11.5 Å². The monoisotopic (exact) mass is 450 g/mol. The van der Waals surface area contributed by atoms with Crippen molar-refractivity contribution in [1.82, 2.24) is 4.90 Å². The van der Waals surface area contributed by atoms with Gasteiger partial charge in [-0.1, -0.05) is 30.3 Å². The molecule has 166 valence electrons. The third kappa shape index (κ3) is 5.29. The molecule has 0 radical (unpaired) electrons. The predicted octanol–water partition coefficient (Wildman–Crippen LogP) is 5.07. The van der Waals surface area contributed by atoms with Crippen molar-refractivity contribution in [3.63, 3.8) is 0 Å². The number of hydrogen-bond acceptors (Lipinski definition) is 5. The molecule has 1 fully saturated rings. The molecule has 0 aliphatic carbocycles. The Kier molecular flexibility index (Phi) is 7.07. The summed E-state index contributed by atoms with van der Waals surface area (Å²) in [6, 6.07) is 18.8. The van der Waals surface area contributed by atoms with Gasteiger partial charge in [0.05, 0.1) is 7.11 Å². The number of carbonyl (C=O) groups is 2. The standard InChI is InChI=1S/C25H26N2O4S/c1-30-20-12-10-19(11-13-20)26-25(29)24-21(16-22(32-24)18-8-4-2-5-9-18)31-17-23(28)27-14-6-3-7-15-27/h2,4-5,8-13,16H,3,6-7,14-15,17H2,1H3,(H,26,29). The highest BCUT2D eigenvalue weighted by Gasteiger charge is 2.22. The number of methoxy groups -OCH3 is 1. The van der Waals surface area contributed by atoms with Crippen LogP contribution in [0.1, 0.15) is 28.9 Å². The Morgan fingerprint density at radius 3 is 2.41 bits per heavy atom. The number of nitrogens with one attached hydrogen (secondary N) is 1. The number of piperidine rings is 1. The van der Waals surface area contributed by atoms with Gasteiger partial charge < -0.3 is 19.7 Å². The van der Waals surface area contributed by atoms with Crippen LogP contribution < -0.4 is 14.8 Å². The number of rotatable bonds is 7. The van der Waals surface area contributed by atoms with Crippen molar-refractivity contribution >= 4 is 28.8 Å². The van der Waals surface area contributed by atoms with Gasteiger partial charge in [0.1, 0.15) is 16.4 Å². The molecule has 4 rings (SSSR count). The van der Waals surface area contributed by atoms with Crippen LogP contribution in [-0.4, -0.2) is 43.5 Å². The summed E-state index contributed by atoms with van der Waals surface area (Å²) in [4.78, 5) is 28.8. The molecule has 0 spiro atoms. The summed E-state index contributed by atoms with van der Waals surface area (Å²) >= 11 is 1.35. The fourth-order valence-corrected chi connectivity index (χ4v) is 4.62. The molecule has 6 nitrogen and oxygen atoms in total. The second kappa shape index (κ2) is 10.3. The van der Waals surface area contributed by atoms with E-state index in [4.69, 9.17) is 9.47 Å². The SMILES string of the molecule is COc1ccc(NC(=O)c2sc(-c3ccccc3)cc2OCC(=O)N2CCCCC2)cc1. The summed E-state index contributed by atoms with van der Waals surface area (Å²) in [6.45, 7) is 1.46. The maximum atomic E-state index is 13.1. The molecule has 2 aromatic carbocycles. The van der Waals surface area contributed by atoms with Crippen molar-refractivity contribution in [2.24, 2.45) is 0 Å². The Labute approximate surface area is 191 Å². The normalized spacial score (nSPS) is 13.5. The lowest BCUT2D eigenvalue weighted by Gasteiger charge is -2.26. The zero-order valence-electron chi connectivity index (χ0n) is 18.0. The molecule has 32 heavy (non-hydrogen) atoms. The molecule has 2 heterocycles. The number of thiophene rings is 1. The van der Waals surface area contributed by atoms with E-state index in [0.29, 0.717) is 22.1 Å². The lowest BCUT2D eigenvalue weighted by atomic mass is 10.1. The van der Waals surface area contributed by atoms with Gasteiger partial charge in [-0.3, -0.25) is 9.59 Å². The highest BCUT2D eigenvalue weighted by atomic mass is 32.1. The first-order chi connectivity index (χ1) is 15.6. The summed E-state index contributed by atoms with van der Waals surface area (Å²) in [7, 11) is 1.60.